The number of rotatable bonds is 4. The van der Waals surface area contributed by atoms with Crippen LogP contribution in [0.2, 0.25) is 0 Å². The number of ether oxygens (including phenoxy) is 1. The van der Waals surface area contributed by atoms with E-state index in [1.54, 1.807) is 6.07 Å². The molecule has 2 N–H and O–H groups in total. The highest BCUT2D eigenvalue weighted by Gasteiger charge is 2.63. The summed E-state index contributed by atoms with van der Waals surface area (Å²) in [5.41, 5.74) is 2.46. The van der Waals surface area contributed by atoms with Crippen LogP contribution >= 0.6 is 0 Å². The molecule has 1 aliphatic heterocycles. The monoisotopic (exact) mass is 426 g/mol. The van der Waals surface area contributed by atoms with Gasteiger partial charge in [-0.2, -0.15) is 0 Å². The molecule has 31 heavy (non-hydrogen) atoms. The summed E-state index contributed by atoms with van der Waals surface area (Å²) in [5.74, 6) is -3.25. The summed E-state index contributed by atoms with van der Waals surface area (Å²) in [6.07, 6.45) is -0.542. The fourth-order valence-electron chi connectivity index (χ4n) is 5.29. The minimum absolute atomic E-state index is 0.119. The van der Waals surface area contributed by atoms with Gasteiger partial charge in [-0.25, -0.2) is 8.78 Å². The third-order valence-corrected chi connectivity index (χ3v) is 6.82. The van der Waals surface area contributed by atoms with E-state index in [0.29, 0.717) is 16.9 Å². The first-order valence-corrected chi connectivity index (χ1v) is 10.6. The normalized spacial score (nSPS) is 29.5. The molecule has 1 heterocycles. The molecule has 2 amide bonds. The van der Waals surface area contributed by atoms with Crippen molar-refractivity contribution in [1.29, 1.82) is 0 Å². The highest BCUT2D eigenvalue weighted by molar-refractivity contribution is 6.02. The third-order valence-electron chi connectivity index (χ3n) is 6.82. The Morgan fingerprint density at radius 2 is 1.74 bits per heavy atom. The first-order valence-electron chi connectivity index (χ1n) is 10.6. The maximum absolute atomic E-state index is 13.5. The Hall–Kier alpha value is -2.96. The molecule has 2 aliphatic carbocycles. The van der Waals surface area contributed by atoms with Gasteiger partial charge in [0.25, 0.3) is 11.8 Å². The number of halogens is 2. The molecule has 0 spiro atoms. The standard InChI is InChI=1S/C24H24F2N2O3/c1-12-19(13-6-4-3-5-7-13)15-8-14(9-16(21(15)31-12)23(30)27-2)22(29)28-20-17-10-24(25,26)11-18(17)20/h3-9,12,17-20H,10-11H2,1-2H3,(H,27,30)(H,28,29)/t12-,17-,18+,19-,20+/m1/s1. The Morgan fingerprint density at radius 3 is 2.39 bits per heavy atom. The lowest BCUT2D eigenvalue weighted by atomic mass is 9.87. The predicted octanol–water partition coefficient (Wildman–Crippen LogP) is 3.73. The molecule has 5 nitrogen and oxygen atoms in total. The molecule has 5 atom stereocenters. The Bertz CT molecular complexity index is 1040. The topological polar surface area (TPSA) is 67.4 Å². The second-order valence-electron chi connectivity index (χ2n) is 8.82. The summed E-state index contributed by atoms with van der Waals surface area (Å²) in [6, 6.07) is 12.9. The molecule has 7 heteroatoms. The molecule has 0 unspecified atom stereocenters. The van der Waals surface area contributed by atoms with Crippen molar-refractivity contribution >= 4 is 11.8 Å². The molecule has 0 radical (unpaired) electrons. The summed E-state index contributed by atoms with van der Waals surface area (Å²) in [7, 11) is 1.53. The van der Waals surface area contributed by atoms with Crippen molar-refractivity contribution in [2.75, 3.05) is 7.05 Å². The number of carbonyl (C=O) groups is 2. The van der Waals surface area contributed by atoms with Crippen molar-refractivity contribution in [1.82, 2.24) is 10.6 Å². The molecule has 2 saturated carbocycles. The SMILES string of the molecule is CNC(=O)c1cc(C(=O)N[C@H]2[C@@H]3CC(F)(F)C[C@@H]32)cc2c1O[C@H](C)[C@@H]2c1ccccc1. The summed E-state index contributed by atoms with van der Waals surface area (Å²) in [5, 5.41) is 5.51. The summed E-state index contributed by atoms with van der Waals surface area (Å²) in [4.78, 5) is 25.6. The van der Waals surface area contributed by atoms with Gasteiger partial charge in [-0.1, -0.05) is 30.3 Å². The van der Waals surface area contributed by atoms with Crippen LogP contribution in [-0.2, 0) is 0 Å². The van der Waals surface area contributed by atoms with Gasteiger partial charge >= 0.3 is 0 Å². The summed E-state index contributed by atoms with van der Waals surface area (Å²) in [6.45, 7) is 1.94. The largest absolute Gasteiger partial charge is 0.489 e. The third kappa shape index (κ3) is 3.36. The zero-order valence-corrected chi connectivity index (χ0v) is 17.3. The first-order chi connectivity index (χ1) is 14.8. The van der Waals surface area contributed by atoms with Crippen molar-refractivity contribution in [2.45, 2.75) is 43.8 Å². The van der Waals surface area contributed by atoms with Gasteiger partial charge in [0, 0.05) is 43.0 Å². The zero-order chi connectivity index (χ0) is 21.9. The number of nitrogens with one attached hydrogen (secondary N) is 2. The fourth-order valence-corrected chi connectivity index (χ4v) is 5.29. The molecular formula is C24H24F2N2O3. The average Bonchev–Trinajstić information content (AvgIpc) is 3.08. The van der Waals surface area contributed by atoms with E-state index >= 15 is 0 Å². The van der Waals surface area contributed by atoms with E-state index in [-0.39, 0.29) is 54.6 Å². The van der Waals surface area contributed by atoms with Crippen LogP contribution in [0, 0.1) is 11.8 Å². The minimum Gasteiger partial charge on any atom is -0.489 e. The molecule has 0 bridgehead atoms. The van der Waals surface area contributed by atoms with Crippen molar-refractivity contribution in [3.63, 3.8) is 0 Å². The quantitative estimate of drug-likeness (QED) is 0.783. The molecule has 5 rings (SSSR count). The van der Waals surface area contributed by atoms with Crippen LogP contribution in [-0.4, -0.2) is 36.9 Å². The Balaban J connectivity index is 1.47. The van der Waals surface area contributed by atoms with Gasteiger partial charge in [-0.05, 0) is 36.5 Å². The van der Waals surface area contributed by atoms with Crippen LogP contribution in [0.3, 0.4) is 0 Å². The molecular weight excluding hydrogens is 402 g/mol. The number of carbonyl (C=O) groups excluding carboxylic acids is 2. The second-order valence-corrected chi connectivity index (χ2v) is 8.82. The van der Waals surface area contributed by atoms with Crippen molar-refractivity contribution in [3.05, 3.63) is 64.7 Å². The fraction of sp³-hybridized carbons (Fsp3) is 0.417. The number of amides is 2. The number of fused-ring (bicyclic) bond motifs is 2. The van der Waals surface area contributed by atoms with Gasteiger partial charge in [-0.15, -0.1) is 0 Å². The molecule has 2 aromatic carbocycles. The van der Waals surface area contributed by atoms with E-state index in [4.69, 9.17) is 4.74 Å². The van der Waals surface area contributed by atoms with E-state index < -0.39 is 5.92 Å². The molecule has 2 fully saturated rings. The molecule has 3 aliphatic rings. The van der Waals surface area contributed by atoms with Crippen LogP contribution < -0.4 is 15.4 Å². The lowest BCUT2D eigenvalue weighted by Crippen LogP contribution is -2.31. The van der Waals surface area contributed by atoms with E-state index in [1.807, 2.05) is 37.3 Å². The molecule has 2 aromatic rings. The number of alkyl halides is 2. The lowest BCUT2D eigenvalue weighted by Gasteiger charge is -2.16. The van der Waals surface area contributed by atoms with E-state index in [9.17, 15) is 18.4 Å². The van der Waals surface area contributed by atoms with E-state index in [1.165, 1.54) is 13.1 Å². The van der Waals surface area contributed by atoms with Crippen LogP contribution in [0.1, 0.15) is 57.5 Å². The average molecular weight is 426 g/mol. The maximum Gasteiger partial charge on any atom is 0.254 e. The van der Waals surface area contributed by atoms with Gasteiger partial charge in [0.1, 0.15) is 11.9 Å². The van der Waals surface area contributed by atoms with Gasteiger partial charge < -0.3 is 15.4 Å². The number of hydrogen-bond donors (Lipinski definition) is 2. The molecule has 0 saturated heterocycles. The minimum atomic E-state index is -2.62. The Labute approximate surface area is 179 Å². The summed E-state index contributed by atoms with van der Waals surface area (Å²) < 4.78 is 33.0. The number of hydrogen-bond acceptors (Lipinski definition) is 3. The molecule has 0 aromatic heterocycles. The van der Waals surface area contributed by atoms with Crippen molar-refractivity contribution < 1.29 is 23.1 Å². The van der Waals surface area contributed by atoms with Gasteiger partial charge in [0.2, 0.25) is 5.92 Å². The van der Waals surface area contributed by atoms with E-state index in [0.717, 1.165) is 11.1 Å². The second kappa shape index (κ2) is 7.04. The van der Waals surface area contributed by atoms with Gasteiger partial charge in [0.05, 0.1) is 5.56 Å². The maximum atomic E-state index is 13.5. The zero-order valence-electron chi connectivity index (χ0n) is 17.3. The Kier molecular flexibility index (Phi) is 4.53. The highest BCUT2D eigenvalue weighted by Crippen LogP contribution is 2.58. The lowest BCUT2D eigenvalue weighted by molar-refractivity contribution is -0.00623. The Morgan fingerprint density at radius 1 is 1.06 bits per heavy atom. The highest BCUT2D eigenvalue weighted by atomic mass is 19.3. The van der Waals surface area contributed by atoms with Crippen LogP contribution in [0.25, 0.3) is 0 Å². The summed E-state index contributed by atoms with van der Waals surface area (Å²) >= 11 is 0. The van der Waals surface area contributed by atoms with Crippen LogP contribution in [0.5, 0.6) is 5.75 Å². The predicted molar refractivity (Wildman–Crippen MR) is 111 cm³/mol. The van der Waals surface area contributed by atoms with E-state index in [2.05, 4.69) is 10.6 Å². The smallest absolute Gasteiger partial charge is 0.254 e. The van der Waals surface area contributed by atoms with Crippen molar-refractivity contribution in [3.8, 4) is 5.75 Å². The van der Waals surface area contributed by atoms with Gasteiger partial charge in [-0.3, -0.25) is 9.59 Å². The van der Waals surface area contributed by atoms with Crippen LogP contribution in [0.4, 0.5) is 8.78 Å². The molecule has 162 valence electrons. The van der Waals surface area contributed by atoms with Gasteiger partial charge in [0.15, 0.2) is 0 Å². The van der Waals surface area contributed by atoms with Crippen LogP contribution in [0.15, 0.2) is 42.5 Å². The first kappa shape index (κ1) is 20.0. The number of benzene rings is 2. The van der Waals surface area contributed by atoms with Crippen molar-refractivity contribution in [2.24, 2.45) is 11.8 Å².